The van der Waals surface area contributed by atoms with Gasteiger partial charge in [-0.3, -0.25) is 4.79 Å². The maximum absolute atomic E-state index is 12.6. The molecule has 1 unspecified atom stereocenters. The normalized spacial score (nSPS) is 15.1. The molecule has 3 aromatic rings. The number of para-hydroxylation sites is 1. The average molecular weight is 359 g/mol. The smallest absolute Gasteiger partial charge is 0.251 e. The number of hydrogen-bond donors (Lipinski definition) is 1. The predicted octanol–water partition coefficient (Wildman–Crippen LogP) is 3.49. The summed E-state index contributed by atoms with van der Waals surface area (Å²) < 4.78 is 6.16. The molecule has 0 saturated heterocycles. The van der Waals surface area contributed by atoms with Crippen LogP contribution in [0, 0.1) is 13.8 Å². The van der Waals surface area contributed by atoms with Gasteiger partial charge in [0.25, 0.3) is 5.91 Å². The summed E-state index contributed by atoms with van der Waals surface area (Å²) in [6.45, 7) is 4.45. The molecule has 5 nitrogen and oxygen atoms in total. The summed E-state index contributed by atoms with van der Waals surface area (Å²) >= 11 is 0. The molecule has 1 atom stereocenters. The van der Waals surface area contributed by atoms with Crippen LogP contribution < -0.4 is 10.1 Å². The fraction of sp³-hybridized carbons (Fsp3) is 0.227. The average Bonchev–Trinajstić information content (AvgIpc) is 3.12. The molecule has 1 amide bonds. The summed E-state index contributed by atoms with van der Waals surface area (Å²) in [6.07, 6.45) is 5.76. The Morgan fingerprint density at radius 3 is 2.74 bits per heavy atom. The predicted molar refractivity (Wildman–Crippen MR) is 104 cm³/mol. The first-order valence-electron chi connectivity index (χ1n) is 9.02. The Morgan fingerprint density at radius 1 is 1.15 bits per heavy atom. The lowest BCUT2D eigenvalue weighted by molar-refractivity contribution is 0.0933. The van der Waals surface area contributed by atoms with Crippen LogP contribution >= 0.6 is 0 Å². The summed E-state index contributed by atoms with van der Waals surface area (Å²) in [4.78, 5) is 20.7. The van der Waals surface area contributed by atoms with Gasteiger partial charge in [0.2, 0.25) is 0 Å². The number of ether oxygens (including phenoxy) is 1. The van der Waals surface area contributed by atoms with Gasteiger partial charge in [0, 0.05) is 35.5 Å². The van der Waals surface area contributed by atoms with Crippen LogP contribution in [0.15, 0.2) is 55.1 Å². The summed E-state index contributed by atoms with van der Waals surface area (Å²) in [6, 6.07) is 11.9. The van der Waals surface area contributed by atoms with Gasteiger partial charge in [-0.05, 0) is 36.6 Å². The first-order chi connectivity index (χ1) is 13.1. The van der Waals surface area contributed by atoms with E-state index in [-0.39, 0.29) is 12.0 Å². The molecule has 0 saturated carbocycles. The van der Waals surface area contributed by atoms with Crippen LogP contribution in [0.5, 0.6) is 5.75 Å². The molecular formula is C22H21N3O2. The zero-order valence-corrected chi connectivity index (χ0v) is 15.4. The van der Waals surface area contributed by atoms with Crippen molar-refractivity contribution in [3.05, 3.63) is 77.4 Å². The minimum Gasteiger partial charge on any atom is -0.487 e. The molecule has 2 aromatic carbocycles. The molecule has 0 fully saturated rings. The molecule has 5 heteroatoms. The Kier molecular flexibility index (Phi) is 4.59. The van der Waals surface area contributed by atoms with Crippen molar-refractivity contribution in [2.45, 2.75) is 26.4 Å². The maximum Gasteiger partial charge on any atom is 0.251 e. The van der Waals surface area contributed by atoms with E-state index in [2.05, 4.69) is 21.4 Å². The molecule has 27 heavy (non-hydrogen) atoms. The number of hydrogen-bond acceptors (Lipinski definition) is 4. The van der Waals surface area contributed by atoms with Crippen LogP contribution in [0.25, 0.3) is 11.1 Å². The second-order valence-electron chi connectivity index (χ2n) is 6.82. The van der Waals surface area contributed by atoms with Crippen molar-refractivity contribution in [1.29, 1.82) is 0 Å². The van der Waals surface area contributed by atoms with Crippen molar-refractivity contribution in [1.82, 2.24) is 15.3 Å². The zero-order chi connectivity index (χ0) is 18.8. The van der Waals surface area contributed by atoms with Gasteiger partial charge in [0.05, 0.1) is 6.54 Å². The fourth-order valence-electron chi connectivity index (χ4n) is 3.42. The second-order valence-corrected chi connectivity index (χ2v) is 6.82. The van der Waals surface area contributed by atoms with Crippen molar-refractivity contribution in [2.24, 2.45) is 0 Å². The van der Waals surface area contributed by atoms with Gasteiger partial charge < -0.3 is 10.1 Å². The van der Waals surface area contributed by atoms with Crippen LogP contribution in [-0.4, -0.2) is 28.5 Å². The lowest BCUT2D eigenvalue weighted by atomic mass is 10.0. The molecule has 1 aliphatic rings. The number of carbonyl (C=O) groups is 1. The van der Waals surface area contributed by atoms with E-state index >= 15 is 0 Å². The largest absolute Gasteiger partial charge is 0.487 e. The minimum absolute atomic E-state index is 0.0626. The molecule has 0 spiro atoms. The van der Waals surface area contributed by atoms with Crippen LogP contribution in [-0.2, 0) is 6.42 Å². The van der Waals surface area contributed by atoms with Crippen molar-refractivity contribution in [3.63, 3.8) is 0 Å². The lowest BCUT2D eigenvalue weighted by Gasteiger charge is -2.14. The number of carbonyl (C=O) groups excluding carboxylic acids is 1. The van der Waals surface area contributed by atoms with Crippen LogP contribution in [0.3, 0.4) is 0 Å². The number of aromatic nitrogens is 2. The van der Waals surface area contributed by atoms with Crippen molar-refractivity contribution >= 4 is 5.91 Å². The lowest BCUT2D eigenvalue weighted by Crippen LogP contribution is -2.34. The van der Waals surface area contributed by atoms with E-state index in [1.54, 1.807) is 12.4 Å². The summed E-state index contributed by atoms with van der Waals surface area (Å²) in [7, 11) is 0. The number of nitrogens with zero attached hydrogens (tertiary/aromatic N) is 2. The van der Waals surface area contributed by atoms with Crippen LogP contribution in [0.2, 0.25) is 0 Å². The third kappa shape index (κ3) is 3.40. The first-order valence-corrected chi connectivity index (χ1v) is 9.02. The van der Waals surface area contributed by atoms with E-state index < -0.39 is 0 Å². The number of fused-ring (bicyclic) bond motifs is 1. The van der Waals surface area contributed by atoms with Crippen molar-refractivity contribution in [3.8, 4) is 16.9 Å². The maximum atomic E-state index is 12.6. The monoisotopic (exact) mass is 359 g/mol. The van der Waals surface area contributed by atoms with Crippen molar-refractivity contribution < 1.29 is 9.53 Å². The Labute approximate surface area is 158 Å². The van der Waals surface area contributed by atoms with Crippen LogP contribution in [0.4, 0.5) is 0 Å². The first kappa shape index (κ1) is 17.2. The Bertz CT molecular complexity index is 986. The SMILES string of the molecule is Cc1cccc(C(=O)NCC2Cc3cccc(-c4cncnc4)c3O2)c1C. The standard InChI is InChI=1S/C22H21N3O2/c1-14-5-3-7-19(15(14)2)22(26)25-12-18-9-16-6-4-8-20(21(16)27-18)17-10-23-13-24-11-17/h3-8,10-11,13,18H,9,12H2,1-2H3,(H,25,26). The van der Waals surface area contributed by atoms with Gasteiger partial charge in [-0.15, -0.1) is 0 Å². The second kappa shape index (κ2) is 7.19. The molecule has 2 heterocycles. The zero-order valence-electron chi connectivity index (χ0n) is 15.4. The van der Waals surface area contributed by atoms with E-state index in [1.807, 2.05) is 44.2 Å². The minimum atomic E-state index is -0.0835. The topological polar surface area (TPSA) is 64.1 Å². The number of benzene rings is 2. The van der Waals surface area contributed by atoms with Gasteiger partial charge in [0.15, 0.2) is 0 Å². The highest BCUT2D eigenvalue weighted by Gasteiger charge is 2.26. The quantitative estimate of drug-likeness (QED) is 0.774. The molecule has 1 aromatic heterocycles. The number of amides is 1. The van der Waals surface area contributed by atoms with E-state index in [9.17, 15) is 4.79 Å². The highest BCUT2D eigenvalue weighted by Crippen LogP contribution is 2.38. The third-order valence-corrected chi connectivity index (χ3v) is 5.04. The molecule has 1 aliphatic heterocycles. The van der Waals surface area contributed by atoms with Crippen molar-refractivity contribution in [2.75, 3.05) is 6.54 Å². The molecule has 0 aliphatic carbocycles. The number of aryl methyl sites for hydroxylation is 1. The molecule has 136 valence electrons. The van der Waals surface area contributed by atoms with Gasteiger partial charge in [-0.25, -0.2) is 9.97 Å². The Balaban J connectivity index is 1.47. The molecule has 0 radical (unpaired) electrons. The highest BCUT2D eigenvalue weighted by atomic mass is 16.5. The Hall–Kier alpha value is -3.21. The van der Waals surface area contributed by atoms with Gasteiger partial charge in [-0.1, -0.05) is 30.3 Å². The van der Waals surface area contributed by atoms with E-state index in [4.69, 9.17) is 4.74 Å². The van der Waals surface area contributed by atoms with E-state index in [0.29, 0.717) is 12.1 Å². The van der Waals surface area contributed by atoms with Gasteiger partial charge >= 0.3 is 0 Å². The highest BCUT2D eigenvalue weighted by molar-refractivity contribution is 5.95. The summed E-state index contributed by atoms with van der Waals surface area (Å²) in [5, 5.41) is 3.01. The van der Waals surface area contributed by atoms with E-state index in [0.717, 1.165) is 40.0 Å². The van der Waals surface area contributed by atoms with E-state index in [1.165, 1.54) is 6.33 Å². The van der Waals surface area contributed by atoms with Gasteiger partial charge in [-0.2, -0.15) is 0 Å². The molecule has 4 rings (SSSR count). The van der Waals surface area contributed by atoms with Gasteiger partial charge in [0.1, 0.15) is 18.2 Å². The number of rotatable bonds is 4. The molecule has 0 bridgehead atoms. The van der Waals surface area contributed by atoms with Crippen LogP contribution in [0.1, 0.15) is 27.0 Å². The molecule has 1 N–H and O–H groups in total. The summed E-state index contributed by atoms with van der Waals surface area (Å²) in [5.74, 6) is 0.797. The number of nitrogens with one attached hydrogen (secondary N) is 1. The third-order valence-electron chi connectivity index (χ3n) is 5.04. The summed E-state index contributed by atoms with van der Waals surface area (Å²) in [5.41, 5.74) is 5.89. The Morgan fingerprint density at radius 2 is 1.93 bits per heavy atom. The molecular weight excluding hydrogens is 338 g/mol. The fourth-order valence-corrected chi connectivity index (χ4v) is 3.42.